The number of ether oxygens (including phenoxy) is 1. The van der Waals surface area contributed by atoms with Gasteiger partial charge in [-0.2, -0.15) is 0 Å². The van der Waals surface area contributed by atoms with Crippen LogP contribution in [0.2, 0.25) is 0 Å². The topological polar surface area (TPSA) is 63.6 Å². The van der Waals surface area contributed by atoms with Gasteiger partial charge in [-0.05, 0) is 25.5 Å². The van der Waals surface area contributed by atoms with E-state index in [-0.39, 0.29) is 11.7 Å². The molecule has 1 N–H and O–H groups in total. The summed E-state index contributed by atoms with van der Waals surface area (Å²) < 4.78 is 5.63. The first-order chi connectivity index (χ1) is 8.93. The van der Waals surface area contributed by atoms with Gasteiger partial charge in [0.05, 0.1) is 6.61 Å². The first-order valence-electron chi connectivity index (χ1n) is 6.23. The maximum Gasteiger partial charge on any atom is 0.234 e. The lowest BCUT2D eigenvalue weighted by Gasteiger charge is -2.32. The van der Waals surface area contributed by atoms with E-state index in [0.717, 1.165) is 0 Å². The molecule has 19 heavy (non-hydrogen) atoms. The van der Waals surface area contributed by atoms with E-state index < -0.39 is 11.6 Å². The highest BCUT2D eigenvalue weighted by Crippen LogP contribution is 2.45. The summed E-state index contributed by atoms with van der Waals surface area (Å²) in [5.41, 5.74) is 2.64. The fourth-order valence-electron chi connectivity index (χ4n) is 2.89. The molecule has 4 heteroatoms. The summed E-state index contributed by atoms with van der Waals surface area (Å²) in [6, 6.07) is 1.56. The van der Waals surface area contributed by atoms with E-state index >= 15 is 0 Å². The number of rotatable bonds is 0. The SMILES string of the molecule is CC1=C2OC[C@H](C)c3c(O)cc(C)c(c32)C(=O)C1=O. The van der Waals surface area contributed by atoms with E-state index in [2.05, 4.69) is 0 Å². The molecule has 0 aromatic heterocycles. The summed E-state index contributed by atoms with van der Waals surface area (Å²) in [7, 11) is 0. The van der Waals surface area contributed by atoms with Crippen molar-refractivity contribution in [3.05, 3.63) is 33.9 Å². The Labute approximate surface area is 110 Å². The summed E-state index contributed by atoms with van der Waals surface area (Å²) in [6.07, 6.45) is 0. The van der Waals surface area contributed by atoms with Crippen LogP contribution in [0.25, 0.3) is 5.76 Å². The van der Waals surface area contributed by atoms with E-state index in [0.29, 0.717) is 40.2 Å². The third-order valence-electron chi connectivity index (χ3n) is 3.85. The molecule has 1 aromatic rings. The minimum absolute atomic E-state index is 0.00750. The van der Waals surface area contributed by atoms with Crippen molar-refractivity contribution in [2.75, 3.05) is 6.61 Å². The zero-order chi connectivity index (χ0) is 13.9. The monoisotopic (exact) mass is 258 g/mol. The highest BCUT2D eigenvalue weighted by atomic mass is 16.5. The van der Waals surface area contributed by atoms with E-state index in [4.69, 9.17) is 4.74 Å². The van der Waals surface area contributed by atoms with Gasteiger partial charge in [0.2, 0.25) is 11.6 Å². The first-order valence-corrected chi connectivity index (χ1v) is 6.23. The van der Waals surface area contributed by atoms with Gasteiger partial charge in [0, 0.05) is 28.2 Å². The van der Waals surface area contributed by atoms with Crippen LogP contribution >= 0.6 is 0 Å². The molecule has 0 amide bonds. The largest absolute Gasteiger partial charge is 0.508 e. The molecule has 1 aliphatic heterocycles. The van der Waals surface area contributed by atoms with Crippen LogP contribution in [0.1, 0.15) is 46.8 Å². The summed E-state index contributed by atoms with van der Waals surface area (Å²) in [6.45, 7) is 5.64. The number of carbonyl (C=O) groups is 2. The van der Waals surface area contributed by atoms with Gasteiger partial charge in [-0.25, -0.2) is 0 Å². The number of ketones is 2. The average Bonchev–Trinajstić information content (AvgIpc) is 2.35. The number of hydrogen-bond donors (Lipinski definition) is 1. The third-order valence-corrected chi connectivity index (χ3v) is 3.85. The fraction of sp³-hybridized carbons (Fsp3) is 0.333. The Balaban J connectivity index is 2.48. The second-order valence-electron chi connectivity index (χ2n) is 5.20. The van der Waals surface area contributed by atoms with Crippen LogP contribution in [0, 0.1) is 6.92 Å². The maximum absolute atomic E-state index is 12.2. The molecule has 1 aromatic carbocycles. The van der Waals surface area contributed by atoms with Gasteiger partial charge in [-0.1, -0.05) is 6.92 Å². The van der Waals surface area contributed by atoms with Gasteiger partial charge < -0.3 is 9.84 Å². The van der Waals surface area contributed by atoms with Crippen molar-refractivity contribution in [1.82, 2.24) is 0 Å². The van der Waals surface area contributed by atoms with Crippen LogP contribution in [-0.2, 0) is 9.53 Å². The van der Waals surface area contributed by atoms with Crippen LogP contribution in [0.5, 0.6) is 5.75 Å². The molecule has 1 atom stereocenters. The molecule has 0 fully saturated rings. The summed E-state index contributed by atoms with van der Waals surface area (Å²) in [5.74, 6) is -0.414. The Morgan fingerprint density at radius 3 is 2.58 bits per heavy atom. The van der Waals surface area contributed by atoms with E-state index in [1.807, 2.05) is 6.92 Å². The van der Waals surface area contributed by atoms with Crippen molar-refractivity contribution in [2.24, 2.45) is 0 Å². The first kappa shape index (κ1) is 12.0. The lowest BCUT2D eigenvalue weighted by atomic mass is 9.79. The lowest BCUT2D eigenvalue weighted by Crippen LogP contribution is -2.29. The van der Waals surface area contributed by atoms with Crippen LogP contribution in [0.15, 0.2) is 11.6 Å². The predicted octanol–water partition coefficient (Wildman–Crippen LogP) is 2.33. The van der Waals surface area contributed by atoms with E-state index in [1.54, 1.807) is 19.9 Å². The molecule has 0 radical (unpaired) electrons. The molecule has 0 spiro atoms. The second-order valence-corrected chi connectivity index (χ2v) is 5.20. The lowest BCUT2D eigenvalue weighted by molar-refractivity contribution is -0.112. The number of allylic oxidation sites excluding steroid dienone is 1. The quantitative estimate of drug-likeness (QED) is 0.725. The third kappa shape index (κ3) is 1.40. The highest BCUT2D eigenvalue weighted by Gasteiger charge is 2.39. The highest BCUT2D eigenvalue weighted by molar-refractivity contribution is 6.52. The molecule has 2 aliphatic rings. The number of hydrogen-bond acceptors (Lipinski definition) is 4. The van der Waals surface area contributed by atoms with Crippen molar-refractivity contribution in [2.45, 2.75) is 26.7 Å². The van der Waals surface area contributed by atoms with Crippen molar-refractivity contribution in [3.63, 3.8) is 0 Å². The van der Waals surface area contributed by atoms with Crippen LogP contribution < -0.4 is 0 Å². The number of phenols is 1. The molecule has 0 bridgehead atoms. The minimum Gasteiger partial charge on any atom is -0.508 e. The Bertz CT molecular complexity index is 667. The van der Waals surface area contributed by atoms with Gasteiger partial charge >= 0.3 is 0 Å². The summed E-state index contributed by atoms with van der Waals surface area (Å²) in [5, 5.41) is 10.1. The van der Waals surface area contributed by atoms with Gasteiger partial charge in [0.15, 0.2) is 0 Å². The second kappa shape index (κ2) is 3.70. The molecule has 1 aliphatic carbocycles. The molecule has 4 nitrogen and oxygen atoms in total. The number of aryl methyl sites for hydroxylation is 1. The number of carbonyl (C=O) groups excluding carboxylic acids is 2. The standard InChI is InChI=1S/C15H14O4/c1-6-4-9(16)10-7(2)5-19-15-8(3)13(17)14(18)11(6)12(10)15/h4,7,16H,5H2,1-3H3/t7-/m0/s1. The van der Waals surface area contributed by atoms with E-state index in [1.165, 1.54) is 0 Å². The molecule has 0 saturated carbocycles. The molecular weight excluding hydrogens is 244 g/mol. The molecule has 3 rings (SSSR count). The normalized spacial score (nSPS) is 21.3. The number of phenolic OH excluding ortho intramolecular Hbond substituents is 1. The fourth-order valence-corrected chi connectivity index (χ4v) is 2.89. The minimum atomic E-state index is -0.517. The number of Topliss-reactive ketones (excluding diaryl/α,β-unsaturated/α-hetero) is 2. The Kier molecular flexibility index (Phi) is 2.33. The van der Waals surface area contributed by atoms with Crippen molar-refractivity contribution < 1.29 is 19.4 Å². The summed E-state index contributed by atoms with van der Waals surface area (Å²) in [4.78, 5) is 24.1. The van der Waals surface area contributed by atoms with Crippen molar-refractivity contribution in [1.29, 1.82) is 0 Å². The van der Waals surface area contributed by atoms with Gasteiger partial charge in [-0.3, -0.25) is 9.59 Å². The average molecular weight is 258 g/mol. The van der Waals surface area contributed by atoms with Crippen molar-refractivity contribution in [3.8, 4) is 5.75 Å². The number of aromatic hydroxyl groups is 1. The van der Waals surface area contributed by atoms with E-state index in [9.17, 15) is 14.7 Å². The van der Waals surface area contributed by atoms with Gasteiger partial charge in [-0.15, -0.1) is 0 Å². The van der Waals surface area contributed by atoms with Gasteiger partial charge in [0.1, 0.15) is 11.5 Å². The maximum atomic E-state index is 12.2. The molecular formula is C15H14O4. The Hall–Kier alpha value is -2.10. The smallest absolute Gasteiger partial charge is 0.234 e. The zero-order valence-corrected chi connectivity index (χ0v) is 11.0. The molecule has 0 saturated heterocycles. The van der Waals surface area contributed by atoms with Crippen LogP contribution in [0.4, 0.5) is 0 Å². The molecule has 1 heterocycles. The van der Waals surface area contributed by atoms with Crippen LogP contribution in [0.3, 0.4) is 0 Å². The predicted molar refractivity (Wildman–Crippen MR) is 69.1 cm³/mol. The zero-order valence-electron chi connectivity index (χ0n) is 11.0. The molecule has 0 unspecified atom stereocenters. The Morgan fingerprint density at radius 2 is 1.89 bits per heavy atom. The Morgan fingerprint density at radius 1 is 1.21 bits per heavy atom. The molecule has 98 valence electrons. The van der Waals surface area contributed by atoms with Crippen molar-refractivity contribution >= 4 is 17.3 Å². The van der Waals surface area contributed by atoms with Gasteiger partial charge in [0.25, 0.3) is 0 Å². The van der Waals surface area contributed by atoms with Crippen LogP contribution in [-0.4, -0.2) is 23.3 Å². The number of benzene rings is 1. The summed E-state index contributed by atoms with van der Waals surface area (Å²) >= 11 is 0.